The van der Waals surface area contributed by atoms with E-state index in [0.717, 1.165) is 34.4 Å². The van der Waals surface area contributed by atoms with Crippen LogP contribution in [0.3, 0.4) is 0 Å². The Balaban J connectivity index is 1.69. The summed E-state index contributed by atoms with van der Waals surface area (Å²) >= 11 is 0. The zero-order valence-electron chi connectivity index (χ0n) is 13.3. The standard InChI is InChI=1S/C18H17N3O3/c1-9-6-11(7-10-2-3-15(22)21-16(9)10)14-8-13-12(17(19)23)4-5-20-18(13)24-14/h4-7,14H,2-3,8H2,1H3,(H2,19,23)(H,21,22). The van der Waals surface area contributed by atoms with E-state index < -0.39 is 5.91 Å². The molecular formula is C18H17N3O3. The first-order valence-corrected chi connectivity index (χ1v) is 7.90. The van der Waals surface area contributed by atoms with E-state index in [9.17, 15) is 9.59 Å². The molecule has 4 rings (SSSR count). The van der Waals surface area contributed by atoms with Gasteiger partial charge in [-0.15, -0.1) is 0 Å². The van der Waals surface area contributed by atoms with E-state index in [1.54, 1.807) is 6.07 Å². The van der Waals surface area contributed by atoms with Crippen LogP contribution >= 0.6 is 0 Å². The molecule has 6 nitrogen and oxygen atoms in total. The van der Waals surface area contributed by atoms with E-state index in [-0.39, 0.29) is 12.0 Å². The van der Waals surface area contributed by atoms with Gasteiger partial charge in [0.1, 0.15) is 6.10 Å². The maximum Gasteiger partial charge on any atom is 0.249 e. The molecule has 1 aromatic heterocycles. The number of primary amides is 1. The van der Waals surface area contributed by atoms with Crippen LogP contribution < -0.4 is 15.8 Å². The molecular weight excluding hydrogens is 306 g/mol. The number of pyridine rings is 1. The van der Waals surface area contributed by atoms with Crippen LogP contribution in [0.5, 0.6) is 5.88 Å². The van der Waals surface area contributed by atoms with Gasteiger partial charge in [0.25, 0.3) is 0 Å². The Kier molecular flexibility index (Phi) is 3.26. The van der Waals surface area contributed by atoms with Gasteiger partial charge in [-0.25, -0.2) is 4.98 Å². The van der Waals surface area contributed by atoms with Crippen molar-refractivity contribution in [2.75, 3.05) is 5.32 Å². The van der Waals surface area contributed by atoms with Crippen molar-refractivity contribution in [2.45, 2.75) is 32.3 Å². The van der Waals surface area contributed by atoms with Gasteiger partial charge in [-0.05, 0) is 42.2 Å². The summed E-state index contributed by atoms with van der Waals surface area (Å²) in [7, 11) is 0. The predicted octanol–water partition coefficient (Wildman–Crippen LogP) is 2.05. The maximum atomic E-state index is 11.6. The molecule has 3 N–H and O–H groups in total. The summed E-state index contributed by atoms with van der Waals surface area (Å²) in [4.78, 5) is 27.4. The Morgan fingerprint density at radius 2 is 2.21 bits per heavy atom. The summed E-state index contributed by atoms with van der Waals surface area (Å²) in [5, 5.41) is 2.93. The molecule has 3 heterocycles. The van der Waals surface area contributed by atoms with Gasteiger partial charge in [-0.1, -0.05) is 6.07 Å². The Hall–Kier alpha value is -2.89. The van der Waals surface area contributed by atoms with E-state index in [1.807, 2.05) is 13.0 Å². The SMILES string of the molecule is Cc1cc(C2Cc3c(C(N)=O)ccnc3O2)cc2c1NC(=O)CC2. The molecule has 24 heavy (non-hydrogen) atoms. The first kappa shape index (κ1) is 14.7. The van der Waals surface area contributed by atoms with E-state index >= 15 is 0 Å². The van der Waals surface area contributed by atoms with Gasteiger partial charge in [0.05, 0.1) is 0 Å². The third-order valence-electron chi connectivity index (χ3n) is 4.62. The molecule has 1 unspecified atom stereocenters. The summed E-state index contributed by atoms with van der Waals surface area (Å²) in [5.41, 5.74) is 10.7. The van der Waals surface area contributed by atoms with Crippen LogP contribution in [0.25, 0.3) is 0 Å². The molecule has 2 aliphatic rings. The van der Waals surface area contributed by atoms with Crippen LogP contribution in [0.2, 0.25) is 0 Å². The van der Waals surface area contributed by atoms with E-state index in [2.05, 4.69) is 16.4 Å². The molecule has 0 aliphatic carbocycles. The summed E-state index contributed by atoms with van der Waals surface area (Å²) in [5.74, 6) is 0.0559. The highest BCUT2D eigenvalue weighted by Crippen LogP contribution is 2.39. The lowest BCUT2D eigenvalue weighted by atomic mass is 9.93. The second-order valence-corrected chi connectivity index (χ2v) is 6.24. The maximum absolute atomic E-state index is 11.6. The topological polar surface area (TPSA) is 94.3 Å². The first-order valence-electron chi connectivity index (χ1n) is 7.90. The predicted molar refractivity (Wildman–Crippen MR) is 88.0 cm³/mol. The number of fused-ring (bicyclic) bond motifs is 2. The summed E-state index contributed by atoms with van der Waals surface area (Å²) in [6.45, 7) is 1.98. The van der Waals surface area contributed by atoms with Crippen LogP contribution in [-0.2, 0) is 17.6 Å². The smallest absolute Gasteiger partial charge is 0.249 e. The monoisotopic (exact) mass is 323 g/mol. The molecule has 0 bridgehead atoms. The van der Waals surface area contributed by atoms with Crippen LogP contribution in [0.15, 0.2) is 24.4 Å². The molecule has 2 aromatic rings. The minimum Gasteiger partial charge on any atom is -0.469 e. The molecule has 122 valence electrons. The number of carbonyl (C=O) groups is 2. The molecule has 1 aromatic carbocycles. The molecule has 0 radical (unpaired) electrons. The first-order chi connectivity index (χ1) is 11.5. The lowest BCUT2D eigenvalue weighted by Gasteiger charge is -2.22. The summed E-state index contributed by atoms with van der Waals surface area (Å²) in [6.07, 6.45) is 3.12. The minimum atomic E-state index is -0.470. The molecule has 0 saturated heterocycles. The largest absolute Gasteiger partial charge is 0.469 e. The van der Waals surface area contributed by atoms with Crippen molar-refractivity contribution >= 4 is 17.5 Å². The minimum absolute atomic E-state index is 0.0539. The van der Waals surface area contributed by atoms with Gasteiger partial charge in [0.2, 0.25) is 17.7 Å². The van der Waals surface area contributed by atoms with Gasteiger partial charge in [0, 0.05) is 35.9 Å². The van der Waals surface area contributed by atoms with Crippen LogP contribution in [0, 0.1) is 6.92 Å². The molecule has 0 saturated carbocycles. The zero-order chi connectivity index (χ0) is 16.8. The van der Waals surface area contributed by atoms with Gasteiger partial charge < -0.3 is 15.8 Å². The van der Waals surface area contributed by atoms with Crippen molar-refractivity contribution < 1.29 is 14.3 Å². The second kappa shape index (κ2) is 5.33. The Labute approximate surface area is 139 Å². The van der Waals surface area contributed by atoms with E-state index in [4.69, 9.17) is 10.5 Å². The van der Waals surface area contributed by atoms with E-state index in [0.29, 0.717) is 24.3 Å². The van der Waals surface area contributed by atoms with Gasteiger partial charge in [-0.3, -0.25) is 9.59 Å². The van der Waals surface area contributed by atoms with Crippen molar-refractivity contribution in [3.05, 3.63) is 52.2 Å². The fourth-order valence-corrected chi connectivity index (χ4v) is 3.45. The fraction of sp³-hybridized carbons (Fsp3) is 0.278. The number of aromatic nitrogens is 1. The fourth-order valence-electron chi connectivity index (χ4n) is 3.45. The average molecular weight is 323 g/mol. The van der Waals surface area contributed by atoms with Crippen LogP contribution in [0.4, 0.5) is 5.69 Å². The van der Waals surface area contributed by atoms with Crippen molar-refractivity contribution in [1.29, 1.82) is 0 Å². The third kappa shape index (κ3) is 2.31. The molecule has 0 fully saturated rings. The summed E-state index contributed by atoms with van der Waals surface area (Å²) < 4.78 is 5.94. The number of benzene rings is 1. The highest BCUT2D eigenvalue weighted by atomic mass is 16.5. The van der Waals surface area contributed by atoms with Crippen LogP contribution in [-0.4, -0.2) is 16.8 Å². The number of nitrogens with one attached hydrogen (secondary N) is 1. The Morgan fingerprint density at radius 1 is 1.38 bits per heavy atom. The number of aryl methyl sites for hydroxylation is 2. The number of carbonyl (C=O) groups excluding carboxylic acids is 2. The number of nitrogens with zero attached hydrogens (tertiary/aromatic N) is 1. The normalized spacial score (nSPS) is 18.4. The lowest BCUT2D eigenvalue weighted by molar-refractivity contribution is -0.116. The Morgan fingerprint density at radius 3 is 3.00 bits per heavy atom. The van der Waals surface area contributed by atoms with Crippen molar-refractivity contribution in [1.82, 2.24) is 4.98 Å². The highest BCUT2D eigenvalue weighted by Gasteiger charge is 2.30. The number of ether oxygens (including phenoxy) is 1. The highest BCUT2D eigenvalue weighted by molar-refractivity contribution is 5.95. The molecule has 2 amide bonds. The number of hydrogen-bond donors (Lipinski definition) is 2. The Bertz CT molecular complexity index is 876. The van der Waals surface area contributed by atoms with Crippen LogP contribution in [0.1, 0.15) is 45.1 Å². The number of rotatable bonds is 2. The molecule has 0 spiro atoms. The number of nitrogens with two attached hydrogens (primary N) is 1. The third-order valence-corrected chi connectivity index (χ3v) is 4.62. The van der Waals surface area contributed by atoms with Crippen molar-refractivity contribution in [3.8, 4) is 5.88 Å². The average Bonchev–Trinajstić information content (AvgIpc) is 2.99. The van der Waals surface area contributed by atoms with Crippen molar-refractivity contribution in [3.63, 3.8) is 0 Å². The zero-order valence-corrected chi connectivity index (χ0v) is 13.3. The molecule has 1 atom stereocenters. The molecule has 6 heteroatoms. The van der Waals surface area contributed by atoms with Gasteiger partial charge in [-0.2, -0.15) is 0 Å². The van der Waals surface area contributed by atoms with Gasteiger partial charge >= 0.3 is 0 Å². The van der Waals surface area contributed by atoms with E-state index in [1.165, 1.54) is 6.20 Å². The van der Waals surface area contributed by atoms with Gasteiger partial charge in [0.15, 0.2) is 0 Å². The molecule has 2 aliphatic heterocycles. The lowest BCUT2D eigenvalue weighted by Crippen LogP contribution is -2.20. The quantitative estimate of drug-likeness (QED) is 0.884. The van der Waals surface area contributed by atoms with Crippen molar-refractivity contribution in [2.24, 2.45) is 5.73 Å². The number of amides is 2. The number of anilines is 1. The summed E-state index contributed by atoms with van der Waals surface area (Å²) in [6, 6.07) is 5.72. The second-order valence-electron chi connectivity index (χ2n) is 6.24. The number of hydrogen-bond acceptors (Lipinski definition) is 4.